The lowest BCUT2D eigenvalue weighted by atomic mass is 10.2. The number of carbonyl (C=O) groups is 2. The van der Waals surface area contributed by atoms with Crippen LogP contribution in [0.4, 0.5) is 5.13 Å². The first-order chi connectivity index (χ1) is 10.8. The molecule has 1 aromatic heterocycles. The van der Waals surface area contributed by atoms with E-state index in [0.717, 1.165) is 6.26 Å². The van der Waals surface area contributed by atoms with E-state index in [-0.39, 0.29) is 23.6 Å². The molecule has 1 N–H and O–H groups in total. The van der Waals surface area contributed by atoms with E-state index in [0.29, 0.717) is 28.2 Å². The number of aliphatic carboxylic acids is 1. The van der Waals surface area contributed by atoms with Gasteiger partial charge in [0.15, 0.2) is 15.0 Å². The molecule has 0 atom stereocenters. The van der Waals surface area contributed by atoms with Crippen LogP contribution in [0.5, 0.6) is 0 Å². The summed E-state index contributed by atoms with van der Waals surface area (Å²) in [7, 11) is -3.29. The van der Waals surface area contributed by atoms with Gasteiger partial charge >= 0.3 is 0 Å². The zero-order valence-corrected chi connectivity index (χ0v) is 14.0. The average molecular weight is 355 g/mol. The summed E-state index contributed by atoms with van der Waals surface area (Å²) < 4.78 is 23.7. The quantitative estimate of drug-likeness (QED) is 0.739. The van der Waals surface area contributed by atoms with Crippen molar-refractivity contribution in [1.29, 1.82) is 0 Å². The van der Waals surface area contributed by atoms with Crippen molar-refractivity contribution in [3.05, 3.63) is 18.2 Å². The third-order valence-electron chi connectivity index (χ3n) is 3.07. The SMILES string of the molecule is CS(=O)(=O)c1ccc2nc(NC(=O)CCCCC(=O)[O-])sc2c1. The van der Waals surface area contributed by atoms with Crippen LogP contribution in [0.1, 0.15) is 25.7 Å². The lowest BCUT2D eigenvalue weighted by Gasteiger charge is -2.02. The van der Waals surface area contributed by atoms with Crippen LogP contribution in [0.25, 0.3) is 10.2 Å². The zero-order valence-electron chi connectivity index (χ0n) is 12.4. The van der Waals surface area contributed by atoms with Crippen molar-refractivity contribution < 1.29 is 23.1 Å². The van der Waals surface area contributed by atoms with E-state index < -0.39 is 15.8 Å². The van der Waals surface area contributed by atoms with Crippen molar-refractivity contribution in [2.45, 2.75) is 30.6 Å². The minimum absolute atomic E-state index is 0.0668. The molecule has 0 saturated heterocycles. The Bertz CT molecular complexity index is 842. The lowest BCUT2D eigenvalue weighted by Crippen LogP contribution is -2.21. The topological polar surface area (TPSA) is 116 Å². The number of hydrogen-bond acceptors (Lipinski definition) is 7. The van der Waals surface area contributed by atoms with Gasteiger partial charge in [-0.3, -0.25) is 4.79 Å². The van der Waals surface area contributed by atoms with Crippen molar-refractivity contribution in [3.63, 3.8) is 0 Å². The third kappa shape index (κ3) is 5.00. The number of carboxylic acid groups (broad SMARTS) is 1. The molecule has 2 rings (SSSR count). The summed E-state index contributed by atoms with van der Waals surface area (Å²) in [5, 5.41) is 13.3. The minimum Gasteiger partial charge on any atom is -0.550 e. The number of fused-ring (bicyclic) bond motifs is 1. The van der Waals surface area contributed by atoms with E-state index in [4.69, 9.17) is 0 Å². The number of benzene rings is 1. The second-order valence-corrected chi connectivity index (χ2v) is 8.09. The summed E-state index contributed by atoms with van der Waals surface area (Å²) in [6.45, 7) is 0. The molecule has 0 radical (unpaired) electrons. The fraction of sp³-hybridized carbons (Fsp3) is 0.357. The molecule has 1 aromatic carbocycles. The van der Waals surface area contributed by atoms with Gasteiger partial charge in [-0.2, -0.15) is 0 Å². The highest BCUT2D eigenvalue weighted by Crippen LogP contribution is 2.28. The van der Waals surface area contributed by atoms with Crippen molar-refractivity contribution >= 4 is 48.4 Å². The fourth-order valence-electron chi connectivity index (χ4n) is 1.93. The summed E-state index contributed by atoms with van der Waals surface area (Å²) in [5.74, 6) is -1.39. The normalized spacial score (nSPS) is 11.5. The molecular formula is C14H15N2O5S2-. The number of aromatic nitrogens is 1. The molecule has 0 aliphatic heterocycles. The molecule has 7 nitrogen and oxygen atoms in total. The second kappa shape index (κ2) is 7.05. The Balaban J connectivity index is 2.01. The Morgan fingerprint density at radius 1 is 1.26 bits per heavy atom. The monoisotopic (exact) mass is 355 g/mol. The molecule has 1 heterocycles. The maximum Gasteiger partial charge on any atom is 0.226 e. The van der Waals surface area contributed by atoms with Crippen LogP contribution in [0, 0.1) is 0 Å². The van der Waals surface area contributed by atoms with Gasteiger partial charge in [0.25, 0.3) is 0 Å². The molecule has 9 heteroatoms. The number of thiazole rings is 1. The fourth-order valence-corrected chi connectivity index (χ4v) is 3.57. The molecular weight excluding hydrogens is 340 g/mol. The van der Waals surface area contributed by atoms with E-state index in [9.17, 15) is 23.1 Å². The molecule has 0 fully saturated rings. The van der Waals surface area contributed by atoms with Crippen molar-refractivity contribution in [3.8, 4) is 0 Å². The predicted octanol–water partition coefficient (Wildman–Crippen LogP) is 0.949. The molecule has 0 bridgehead atoms. The number of unbranched alkanes of at least 4 members (excludes halogenated alkanes) is 1. The van der Waals surface area contributed by atoms with Crippen molar-refractivity contribution in [2.24, 2.45) is 0 Å². The Kier molecular flexibility index (Phi) is 5.32. The van der Waals surface area contributed by atoms with Gasteiger partial charge in [-0.25, -0.2) is 13.4 Å². The molecule has 0 aliphatic carbocycles. The molecule has 1 amide bonds. The van der Waals surface area contributed by atoms with Gasteiger partial charge in [0.1, 0.15) is 0 Å². The summed E-state index contributed by atoms with van der Waals surface area (Å²) >= 11 is 1.19. The smallest absolute Gasteiger partial charge is 0.226 e. The van der Waals surface area contributed by atoms with Crippen LogP contribution in [-0.2, 0) is 19.4 Å². The number of hydrogen-bond donors (Lipinski definition) is 1. The van der Waals surface area contributed by atoms with Crippen molar-refractivity contribution in [2.75, 3.05) is 11.6 Å². The molecule has 0 aliphatic rings. The number of rotatable bonds is 7. The van der Waals surface area contributed by atoms with Crippen LogP contribution in [0.2, 0.25) is 0 Å². The number of carbonyl (C=O) groups excluding carboxylic acids is 2. The van der Waals surface area contributed by atoms with Gasteiger partial charge in [0, 0.05) is 18.6 Å². The van der Waals surface area contributed by atoms with Crippen LogP contribution in [-0.4, -0.2) is 31.5 Å². The zero-order chi connectivity index (χ0) is 17.0. The first-order valence-corrected chi connectivity index (χ1v) is 9.57. The highest BCUT2D eigenvalue weighted by Gasteiger charge is 2.12. The molecule has 0 spiro atoms. The van der Waals surface area contributed by atoms with Gasteiger partial charge in [-0.05, 0) is 37.5 Å². The van der Waals surface area contributed by atoms with E-state index in [1.165, 1.54) is 23.5 Å². The van der Waals surface area contributed by atoms with Gasteiger partial charge in [0.2, 0.25) is 5.91 Å². The highest BCUT2D eigenvalue weighted by molar-refractivity contribution is 7.90. The van der Waals surface area contributed by atoms with Gasteiger partial charge in [-0.1, -0.05) is 11.3 Å². The highest BCUT2D eigenvalue weighted by atomic mass is 32.2. The third-order valence-corrected chi connectivity index (χ3v) is 5.11. The van der Waals surface area contributed by atoms with E-state index >= 15 is 0 Å². The molecule has 23 heavy (non-hydrogen) atoms. The summed E-state index contributed by atoms with van der Waals surface area (Å²) in [4.78, 5) is 26.4. The average Bonchev–Trinajstić information content (AvgIpc) is 2.83. The number of anilines is 1. The van der Waals surface area contributed by atoms with E-state index in [2.05, 4.69) is 10.3 Å². The van der Waals surface area contributed by atoms with Gasteiger partial charge in [-0.15, -0.1) is 0 Å². The Morgan fingerprint density at radius 3 is 2.61 bits per heavy atom. The van der Waals surface area contributed by atoms with Crippen LogP contribution in [0.3, 0.4) is 0 Å². The Morgan fingerprint density at radius 2 is 1.96 bits per heavy atom. The van der Waals surface area contributed by atoms with Crippen molar-refractivity contribution in [1.82, 2.24) is 4.98 Å². The molecule has 124 valence electrons. The van der Waals surface area contributed by atoms with E-state index in [1.54, 1.807) is 6.07 Å². The molecule has 0 unspecified atom stereocenters. The number of amides is 1. The maximum absolute atomic E-state index is 11.8. The molecule has 2 aromatic rings. The summed E-state index contributed by atoms with van der Waals surface area (Å²) in [5.41, 5.74) is 0.606. The Hall–Kier alpha value is -2.00. The van der Waals surface area contributed by atoms with Gasteiger partial charge < -0.3 is 15.2 Å². The summed E-state index contributed by atoms with van der Waals surface area (Å²) in [6.07, 6.45) is 2.08. The van der Waals surface area contributed by atoms with Crippen LogP contribution < -0.4 is 10.4 Å². The number of nitrogens with zero attached hydrogens (tertiary/aromatic N) is 1. The minimum atomic E-state index is -3.29. The largest absolute Gasteiger partial charge is 0.550 e. The lowest BCUT2D eigenvalue weighted by molar-refractivity contribution is -0.305. The number of sulfone groups is 1. The maximum atomic E-state index is 11.8. The van der Waals surface area contributed by atoms with E-state index in [1.807, 2.05) is 0 Å². The number of carboxylic acids is 1. The Labute approximate surface area is 137 Å². The standard InChI is InChI=1S/C14H16N2O5S2/c1-23(20,21)9-6-7-10-11(8-9)22-14(15-10)16-12(17)4-2-3-5-13(18)19/h6-8H,2-5H2,1H3,(H,18,19)(H,15,16,17)/p-1. The number of nitrogens with one attached hydrogen (secondary N) is 1. The predicted molar refractivity (Wildman–Crippen MR) is 84.8 cm³/mol. The van der Waals surface area contributed by atoms with Crippen LogP contribution >= 0.6 is 11.3 Å². The first kappa shape index (κ1) is 17.4. The first-order valence-electron chi connectivity index (χ1n) is 6.86. The summed E-state index contributed by atoms with van der Waals surface area (Å²) in [6, 6.07) is 4.60. The molecule has 0 saturated carbocycles. The van der Waals surface area contributed by atoms with Gasteiger partial charge in [0.05, 0.1) is 15.1 Å². The second-order valence-electron chi connectivity index (χ2n) is 5.05. The van der Waals surface area contributed by atoms with Crippen LogP contribution in [0.15, 0.2) is 23.1 Å².